The average molecular weight is 296 g/mol. The number of carboxylic acid groups (broad SMARTS) is 1. The van der Waals surface area contributed by atoms with Crippen molar-refractivity contribution in [2.24, 2.45) is 0 Å². The maximum atomic E-state index is 11.5. The van der Waals surface area contributed by atoms with Crippen LogP contribution in [0, 0.1) is 6.92 Å². The molecule has 3 rings (SSSR count). The third-order valence-corrected chi connectivity index (χ3v) is 3.44. The van der Waals surface area contributed by atoms with Crippen LogP contribution < -0.4 is 5.32 Å². The number of nitrogens with one attached hydrogen (secondary N) is 1. The number of benzene rings is 2. The Bertz CT molecular complexity index is 796. The second-order valence-electron chi connectivity index (χ2n) is 5.11. The van der Waals surface area contributed by atoms with E-state index in [1.54, 1.807) is 6.92 Å². The topological polar surface area (TPSA) is 75.4 Å². The van der Waals surface area contributed by atoms with Gasteiger partial charge in [0, 0.05) is 13.3 Å². The highest BCUT2D eigenvalue weighted by Gasteiger charge is 2.19. The molecule has 112 valence electrons. The normalized spacial score (nSPS) is 12.2. The SMILES string of the molecule is Cc1nc2c(N[C@@H](Cc3ccccc3)C(=O)O)cccc2o1. The van der Waals surface area contributed by atoms with Gasteiger partial charge in [0.1, 0.15) is 11.6 Å². The predicted octanol–water partition coefficient (Wildman–Crippen LogP) is 3.24. The first-order valence-corrected chi connectivity index (χ1v) is 7.03. The monoisotopic (exact) mass is 296 g/mol. The number of carbonyl (C=O) groups is 1. The van der Waals surface area contributed by atoms with Crippen LogP contribution in [0.5, 0.6) is 0 Å². The zero-order chi connectivity index (χ0) is 15.5. The van der Waals surface area contributed by atoms with Crippen LogP contribution in [0.25, 0.3) is 11.1 Å². The van der Waals surface area contributed by atoms with Crippen LogP contribution in [-0.2, 0) is 11.2 Å². The van der Waals surface area contributed by atoms with Gasteiger partial charge in [-0.1, -0.05) is 36.4 Å². The number of aryl methyl sites for hydroxylation is 1. The molecule has 0 aliphatic heterocycles. The minimum absolute atomic E-state index is 0.392. The molecular formula is C17H16N2O3. The largest absolute Gasteiger partial charge is 0.480 e. The van der Waals surface area contributed by atoms with Gasteiger partial charge in [0.05, 0.1) is 5.69 Å². The summed E-state index contributed by atoms with van der Waals surface area (Å²) in [6.07, 6.45) is 0.392. The van der Waals surface area contributed by atoms with Crippen LogP contribution in [0.15, 0.2) is 52.9 Å². The fourth-order valence-electron chi connectivity index (χ4n) is 2.41. The number of aromatic nitrogens is 1. The quantitative estimate of drug-likeness (QED) is 0.756. The minimum atomic E-state index is -0.902. The van der Waals surface area contributed by atoms with E-state index < -0.39 is 12.0 Å². The lowest BCUT2D eigenvalue weighted by molar-refractivity contribution is -0.137. The molecule has 0 aliphatic carbocycles. The van der Waals surface area contributed by atoms with Gasteiger partial charge in [-0.25, -0.2) is 9.78 Å². The van der Waals surface area contributed by atoms with Crippen LogP contribution in [0.3, 0.4) is 0 Å². The third-order valence-electron chi connectivity index (χ3n) is 3.44. The van der Waals surface area contributed by atoms with Gasteiger partial charge in [0.15, 0.2) is 11.5 Å². The number of carboxylic acids is 1. The molecule has 0 saturated carbocycles. The minimum Gasteiger partial charge on any atom is -0.480 e. The number of fused-ring (bicyclic) bond motifs is 1. The first-order chi connectivity index (χ1) is 10.6. The van der Waals surface area contributed by atoms with Gasteiger partial charge >= 0.3 is 5.97 Å². The van der Waals surface area contributed by atoms with E-state index in [2.05, 4.69) is 10.3 Å². The number of oxazole rings is 1. The molecule has 5 heteroatoms. The smallest absolute Gasteiger partial charge is 0.326 e. The van der Waals surface area contributed by atoms with E-state index in [1.165, 1.54) is 0 Å². The van der Waals surface area contributed by atoms with Crippen molar-refractivity contribution in [2.45, 2.75) is 19.4 Å². The molecule has 0 saturated heterocycles. The molecule has 0 unspecified atom stereocenters. The number of rotatable bonds is 5. The van der Waals surface area contributed by atoms with Crippen molar-refractivity contribution in [2.75, 3.05) is 5.32 Å². The Morgan fingerprint density at radius 2 is 2.00 bits per heavy atom. The summed E-state index contributed by atoms with van der Waals surface area (Å²) in [7, 11) is 0. The highest BCUT2D eigenvalue weighted by molar-refractivity contribution is 5.89. The molecule has 0 fully saturated rings. The number of hydrogen-bond donors (Lipinski definition) is 2. The second kappa shape index (κ2) is 5.89. The number of hydrogen-bond acceptors (Lipinski definition) is 4. The van der Waals surface area contributed by atoms with Crippen molar-refractivity contribution in [3.8, 4) is 0 Å². The summed E-state index contributed by atoms with van der Waals surface area (Å²) in [5, 5.41) is 12.5. The van der Waals surface area contributed by atoms with Crippen molar-refractivity contribution >= 4 is 22.8 Å². The van der Waals surface area contributed by atoms with Crippen molar-refractivity contribution < 1.29 is 14.3 Å². The summed E-state index contributed by atoms with van der Waals surface area (Å²) in [6.45, 7) is 1.77. The summed E-state index contributed by atoms with van der Waals surface area (Å²) in [4.78, 5) is 15.9. The van der Waals surface area contributed by atoms with E-state index in [-0.39, 0.29) is 0 Å². The van der Waals surface area contributed by atoms with Crippen LogP contribution in [0.4, 0.5) is 5.69 Å². The molecule has 22 heavy (non-hydrogen) atoms. The molecule has 0 bridgehead atoms. The van der Waals surface area contributed by atoms with Crippen molar-refractivity contribution in [1.29, 1.82) is 0 Å². The lowest BCUT2D eigenvalue weighted by Crippen LogP contribution is -2.31. The number of nitrogens with zero attached hydrogens (tertiary/aromatic N) is 1. The molecule has 3 aromatic rings. The fraction of sp³-hybridized carbons (Fsp3) is 0.176. The van der Waals surface area contributed by atoms with Gasteiger partial charge < -0.3 is 14.8 Å². The van der Waals surface area contributed by atoms with Crippen molar-refractivity contribution in [1.82, 2.24) is 4.98 Å². The van der Waals surface area contributed by atoms with Crippen LogP contribution in [0.1, 0.15) is 11.5 Å². The summed E-state index contributed by atoms with van der Waals surface area (Å²) in [6, 6.07) is 14.2. The molecular weight excluding hydrogens is 280 g/mol. The zero-order valence-electron chi connectivity index (χ0n) is 12.1. The highest BCUT2D eigenvalue weighted by atomic mass is 16.4. The Morgan fingerprint density at radius 3 is 2.73 bits per heavy atom. The molecule has 1 heterocycles. The Kier molecular flexibility index (Phi) is 3.78. The predicted molar refractivity (Wildman–Crippen MR) is 83.9 cm³/mol. The van der Waals surface area contributed by atoms with E-state index in [0.29, 0.717) is 29.1 Å². The van der Waals surface area contributed by atoms with E-state index >= 15 is 0 Å². The number of para-hydroxylation sites is 1. The first-order valence-electron chi connectivity index (χ1n) is 7.03. The summed E-state index contributed by atoms with van der Waals surface area (Å²) in [5.74, 6) is -0.347. The molecule has 0 amide bonds. The fourth-order valence-corrected chi connectivity index (χ4v) is 2.41. The summed E-state index contributed by atoms with van der Waals surface area (Å²) >= 11 is 0. The van der Waals surface area contributed by atoms with E-state index in [9.17, 15) is 9.90 Å². The third kappa shape index (κ3) is 2.93. The standard InChI is InChI=1S/C17H16N2O3/c1-11-18-16-13(8-5-9-15(16)22-11)19-14(17(20)21)10-12-6-3-2-4-7-12/h2-9,14,19H,10H2,1H3,(H,20,21)/t14-/m0/s1. The maximum absolute atomic E-state index is 11.5. The molecule has 0 aliphatic rings. The van der Waals surface area contributed by atoms with Gasteiger partial charge in [-0.05, 0) is 17.7 Å². The lowest BCUT2D eigenvalue weighted by atomic mass is 10.1. The van der Waals surface area contributed by atoms with Crippen LogP contribution in [0.2, 0.25) is 0 Å². The van der Waals surface area contributed by atoms with Gasteiger partial charge in [0.25, 0.3) is 0 Å². The second-order valence-corrected chi connectivity index (χ2v) is 5.11. The Labute approximate surface area is 127 Å². The molecule has 2 N–H and O–H groups in total. The molecule has 1 atom stereocenters. The Balaban J connectivity index is 1.88. The summed E-state index contributed by atoms with van der Waals surface area (Å²) < 4.78 is 5.47. The van der Waals surface area contributed by atoms with E-state index in [0.717, 1.165) is 5.56 Å². The molecule has 5 nitrogen and oxygen atoms in total. The lowest BCUT2D eigenvalue weighted by Gasteiger charge is -2.16. The van der Waals surface area contributed by atoms with E-state index in [4.69, 9.17) is 4.42 Å². The molecule has 0 spiro atoms. The van der Waals surface area contributed by atoms with Gasteiger partial charge in [-0.3, -0.25) is 0 Å². The van der Waals surface area contributed by atoms with Crippen molar-refractivity contribution in [3.05, 3.63) is 60.0 Å². The van der Waals surface area contributed by atoms with Crippen LogP contribution in [-0.4, -0.2) is 22.1 Å². The van der Waals surface area contributed by atoms with Gasteiger partial charge in [0.2, 0.25) is 0 Å². The zero-order valence-corrected chi connectivity index (χ0v) is 12.1. The maximum Gasteiger partial charge on any atom is 0.326 e. The molecule has 2 aromatic carbocycles. The number of anilines is 1. The van der Waals surface area contributed by atoms with Gasteiger partial charge in [-0.2, -0.15) is 0 Å². The van der Waals surface area contributed by atoms with Crippen LogP contribution >= 0.6 is 0 Å². The summed E-state index contributed by atoms with van der Waals surface area (Å²) in [5.41, 5.74) is 2.93. The Hall–Kier alpha value is -2.82. The molecule has 1 aromatic heterocycles. The average Bonchev–Trinajstić information content (AvgIpc) is 2.89. The first kappa shape index (κ1) is 14.1. The van der Waals surface area contributed by atoms with E-state index in [1.807, 2.05) is 48.5 Å². The molecule has 0 radical (unpaired) electrons. The Morgan fingerprint density at radius 1 is 1.23 bits per heavy atom. The number of aliphatic carboxylic acids is 1. The van der Waals surface area contributed by atoms with Gasteiger partial charge in [-0.15, -0.1) is 0 Å². The highest BCUT2D eigenvalue weighted by Crippen LogP contribution is 2.24. The van der Waals surface area contributed by atoms with Crippen molar-refractivity contribution in [3.63, 3.8) is 0 Å².